The van der Waals surface area contributed by atoms with E-state index >= 15 is 0 Å². The zero-order valence-corrected chi connectivity index (χ0v) is 11.1. The molecule has 0 saturated carbocycles. The van der Waals surface area contributed by atoms with Gasteiger partial charge in [0.05, 0.1) is 5.69 Å². The van der Waals surface area contributed by atoms with Gasteiger partial charge in [0.25, 0.3) is 0 Å². The molecular weight excluding hydrogens is 198 g/mol. The number of rotatable bonds is 7. The normalized spacial score (nSPS) is 13.0. The predicted octanol–water partition coefficient (Wildman–Crippen LogP) is 2.53. The minimum atomic E-state index is 0.666. The molecule has 0 amide bonds. The zero-order chi connectivity index (χ0) is 12.0. The summed E-state index contributed by atoms with van der Waals surface area (Å²) in [6.07, 6.45) is 4.85. The third-order valence-corrected chi connectivity index (χ3v) is 3.17. The van der Waals surface area contributed by atoms with Gasteiger partial charge in [-0.05, 0) is 52.6 Å². The molecule has 0 fully saturated rings. The van der Waals surface area contributed by atoms with Crippen LogP contribution in [0.5, 0.6) is 0 Å². The van der Waals surface area contributed by atoms with Crippen molar-refractivity contribution in [1.82, 2.24) is 15.1 Å². The summed E-state index contributed by atoms with van der Waals surface area (Å²) in [7, 11) is 2.05. The lowest BCUT2D eigenvalue weighted by atomic mass is 10.1. The summed E-state index contributed by atoms with van der Waals surface area (Å²) in [5, 5.41) is 7.82. The van der Waals surface area contributed by atoms with Crippen LogP contribution in [0.1, 0.15) is 44.5 Å². The SMILES string of the molecule is CCC(CCCc1cc(C)nn1CC)NC. The molecule has 0 aliphatic heterocycles. The summed E-state index contributed by atoms with van der Waals surface area (Å²) in [6, 6.07) is 2.88. The summed E-state index contributed by atoms with van der Waals surface area (Å²) in [4.78, 5) is 0. The van der Waals surface area contributed by atoms with E-state index in [1.807, 2.05) is 0 Å². The van der Waals surface area contributed by atoms with Gasteiger partial charge in [-0.25, -0.2) is 0 Å². The van der Waals surface area contributed by atoms with Crippen LogP contribution >= 0.6 is 0 Å². The van der Waals surface area contributed by atoms with Gasteiger partial charge < -0.3 is 5.32 Å². The average molecular weight is 223 g/mol. The lowest BCUT2D eigenvalue weighted by Crippen LogP contribution is -2.24. The van der Waals surface area contributed by atoms with Crippen LogP contribution in [0.4, 0.5) is 0 Å². The van der Waals surface area contributed by atoms with Crippen LogP contribution in [0.3, 0.4) is 0 Å². The Hall–Kier alpha value is -0.830. The smallest absolute Gasteiger partial charge is 0.0596 e. The minimum Gasteiger partial charge on any atom is -0.317 e. The van der Waals surface area contributed by atoms with Crippen LogP contribution in [0.2, 0.25) is 0 Å². The molecule has 1 atom stereocenters. The molecule has 0 radical (unpaired) electrons. The molecule has 1 unspecified atom stereocenters. The van der Waals surface area contributed by atoms with Gasteiger partial charge >= 0.3 is 0 Å². The highest BCUT2D eigenvalue weighted by molar-refractivity contribution is 5.09. The van der Waals surface area contributed by atoms with Crippen molar-refractivity contribution in [3.8, 4) is 0 Å². The maximum atomic E-state index is 4.47. The minimum absolute atomic E-state index is 0.666. The van der Waals surface area contributed by atoms with Crippen molar-refractivity contribution in [3.63, 3.8) is 0 Å². The van der Waals surface area contributed by atoms with Crippen molar-refractivity contribution in [3.05, 3.63) is 17.5 Å². The second-order valence-electron chi connectivity index (χ2n) is 4.38. The second kappa shape index (κ2) is 6.69. The molecule has 1 aromatic rings. The standard InChI is InChI=1S/C13H25N3/c1-5-12(14-4)8-7-9-13-10-11(3)15-16(13)6-2/h10,12,14H,5-9H2,1-4H3. The number of hydrogen-bond acceptors (Lipinski definition) is 2. The van der Waals surface area contributed by atoms with Crippen LogP contribution in [0.15, 0.2) is 6.07 Å². The molecule has 0 aromatic carbocycles. The molecule has 1 aromatic heterocycles. The lowest BCUT2D eigenvalue weighted by Gasteiger charge is -2.13. The quantitative estimate of drug-likeness (QED) is 0.770. The molecule has 3 heteroatoms. The van der Waals surface area contributed by atoms with Gasteiger partial charge in [-0.2, -0.15) is 5.10 Å². The van der Waals surface area contributed by atoms with Crippen LogP contribution in [0.25, 0.3) is 0 Å². The van der Waals surface area contributed by atoms with E-state index in [1.165, 1.54) is 25.0 Å². The maximum Gasteiger partial charge on any atom is 0.0596 e. The van der Waals surface area contributed by atoms with Crippen molar-refractivity contribution in [1.29, 1.82) is 0 Å². The summed E-state index contributed by atoms with van der Waals surface area (Å²) in [5.41, 5.74) is 2.52. The van der Waals surface area contributed by atoms with Crippen molar-refractivity contribution in [2.45, 2.75) is 59.0 Å². The fraction of sp³-hybridized carbons (Fsp3) is 0.769. The Morgan fingerprint density at radius 2 is 2.19 bits per heavy atom. The van der Waals surface area contributed by atoms with E-state index in [9.17, 15) is 0 Å². The molecule has 0 aliphatic carbocycles. The van der Waals surface area contributed by atoms with Crippen molar-refractivity contribution in [2.75, 3.05) is 7.05 Å². The first-order chi connectivity index (χ1) is 7.71. The molecule has 3 nitrogen and oxygen atoms in total. The van der Waals surface area contributed by atoms with Crippen LogP contribution in [-0.4, -0.2) is 22.9 Å². The van der Waals surface area contributed by atoms with Gasteiger partial charge in [-0.1, -0.05) is 6.92 Å². The first kappa shape index (κ1) is 13.2. The van der Waals surface area contributed by atoms with E-state index in [1.54, 1.807) is 0 Å². The number of aryl methyl sites for hydroxylation is 3. The highest BCUT2D eigenvalue weighted by Gasteiger charge is 2.06. The summed E-state index contributed by atoms with van der Waals surface area (Å²) < 4.78 is 2.12. The molecule has 1 rings (SSSR count). The zero-order valence-electron chi connectivity index (χ0n) is 11.1. The Morgan fingerprint density at radius 1 is 1.44 bits per heavy atom. The Labute approximate surface area is 99.2 Å². The third-order valence-electron chi connectivity index (χ3n) is 3.17. The summed E-state index contributed by atoms with van der Waals surface area (Å²) in [6.45, 7) is 7.44. The summed E-state index contributed by atoms with van der Waals surface area (Å²) in [5.74, 6) is 0. The average Bonchev–Trinajstić information content (AvgIpc) is 2.65. The second-order valence-corrected chi connectivity index (χ2v) is 4.38. The fourth-order valence-corrected chi connectivity index (χ4v) is 2.16. The molecule has 0 aliphatic rings. The van der Waals surface area contributed by atoms with E-state index in [4.69, 9.17) is 0 Å². The predicted molar refractivity (Wildman–Crippen MR) is 68.7 cm³/mol. The topological polar surface area (TPSA) is 29.9 Å². The first-order valence-electron chi connectivity index (χ1n) is 6.41. The fourth-order valence-electron chi connectivity index (χ4n) is 2.16. The molecule has 1 heterocycles. The maximum absolute atomic E-state index is 4.47. The van der Waals surface area contributed by atoms with Gasteiger partial charge in [0.2, 0.25) is 0 Å². The molecule has 0 saturated heterocycles. The van der Waals surface area contributed by atoms with Crippen LogP contribution in [0, 0.1) is 6.92 Å². The molecule has 0 bridgehead atoms. The largest absolute Gasteiger partial charge is 0.317 e. The van der Waals surface area contributed by atoms with E-state index in [0.29, 0.717) is 6.04 Å². The Kier molecular flexibility index (Phi) is 5.53. The van der Waals surface area contributed by atoms with E-state index in [0.717, 1.165) is 18.7 Å². The number of aromatic nitrogens is 2. The number of hydrogen-bond donors (Lipinski definition) is 1. The number of nitrogens with one attached hydrogen (secondary N) is 1. The van der Waals surface area contributed by atoms with Gasteiger partial charge in [0.1, 0.15) is 0 Å². The van der Waals surface area contributed by atoms with E-state index in [-0.39, 0.29) is 0 Å². The van der Waals surface area contributed by atoms with Crippen molar-refractivity contribution >= 4 is 0 Å². The van der Waals surface area contributed by atoms with Crippen LogP contribution < -0.4 is 5.32 Å². The third kappa shape index (κ3) is 3.63. The highest BCUT2D eigenvalue weighted by Crippen LogP contribution is 2.10. The van der Waals surface area contributed by atoms with Gasteiger partial charge in [0.15, 0.2) is 0 Å². The lowest BCUT2D eigenvalue weighted by molar-refractivity contribution is 0.484. The van der Waals surface area contributed by atoms with E-state index < -0.39 is 0 Å². The van der Waals surface area contributed by atoms with Gasteiger partial charge in [0, 0.05) is 18.3 Å². The molecular formula is C13H25N3. The molecule has 16 heavy (non-hydrogen) atoms. The van der Waals surface area contributed by atoms with Crippen molar-refractivity contribution < 1.29 is 0 Å². The summed E-state index contributed by atoms with van der Waals surface area (Å²) >= 11 is 0. The Bertz CT molecular complexity index is 300. The Balaban J connectivity index is 2.41. The highest BCUT2D eigenvalue weighted by atomic mass is 15.3. The van der Waals surface area contributed by atoms with Crippen molar-refractivity contribution in [2.24, 2.45) is 0 Å². The molecule has 0 spiro atoms. The molecule has 92 valence electrons. The van der Waals surface area contributed by atoms with Gasteiger partial charge in [-0.15, -0.1) is 0 Å². The number of nitrogens with zero attached hydrogens (tertiary/aromatic N) is 2. The van der Waals surface area contributed by atoms with E-state index in [2.05, 4.69) is 49.0 Å². The first-order valence-corrected chi connectivity index (χ1v) is 6.41. The van der Waals surface area contributed by atoms with Crippen LogP contribution in [-0.2, 0) is 13.0 Å². The monoisotopic (exact) mass is 223 g/mol. The Morgan fingerprint density at radius 3 is 2.75 bits per heavy atom. The molecule has 1 N–H and O–H groups in total. The van der Waals surface area contributed by atoms with Gasteiger partial charge in [-0.3, -0.25) is 4.68 Å².